The second-order valence-electron chi connectivity index (χ2n) is 3.52. The minimum atomic E-state index is -0.250. The molecule has 1 aliphatic rings. The number of amides is 1. The molecule has 2 rings (SSSR count). The van der Waals surface area contributed by atoms with Gasteiger partial charge in [0.25, 0.3) is 0 Å². The SMILES string of the molecule is CNC1C(=O)N(C)c2c(OC)cccc21. The number of rotatable bonds is 2. The highest BCUT2D eigenvalue weighted by Gasteiger charge is 2.35. The van der Waals surface area contributed by atoms with Gasteiger partial charge in [-0.05, 0) is 13.1 Å². The van der Waals surface area contributed by atoms with E-state index in [9.17, 15) is 4.79 Å². The summed E-state index contributed by atoms with van der Waals surface area (Å²) in [6.07, 6.45) is 0. The van der Waals surface area contributed by atoms with Crippen LogP contribution in [-0.2, 0) is 4.79 Å². The Morgan fingerprint density at radius 3 is 2.80 bits per heavy atom. The molecule has 0 fully saturated rings. The van der Waals surface area contributed by atoms with Gasteiger partial charge in [0.1, 0.15) is 11.8 Å². The molecule has 1 amide bonds. The minimum Gasteiger partial charge on any atom is -0.495 e. The van der Waals surface area contributed by atoms with Gasteiger partial charge in [-0.1, -0.05) is 12.1 Å². The highest BCUT2D eigenvalue weighted by atomic mass is 16.5. The van der Waals surface area contributed by atoms with Crippen LogP contribution in [0.5, 0.6) is 5.75 Å². The standard InChI is InChI=1S/C11H14N2O2/c1-12-9-7-5-4-6-8(15-3)10(7)13(2)11(9)14/h4-6,9,12H,1-3H3. The van der Waals surface area contributed by atoms with Crippen LogP contribution in [0.25, 0.3) is 0 Å². The first kappa shape index (κ1) is 9.98. The van der Waals surface area contributed by atoms with Crippen LogP contribution in [-0.4, -0.2) is 27.1 Å². The van der Waals surface area contributed by atoms with E-state index < -0.39 is 0 Å². The lowest BCUT2D eigenvalue weighted by Crippen LogP contribution is -2.30. The van der Waals surface area contributed by atoms with Crippen LogP contribution in [0.15, 0.2) is 18.2 Å². The average molecular weight is 206 g/mol. The van der Waals surface area contributed by atoms with Gasteiger partial charge >= 0.3 is 0 Å². The highest BCUT2D eigenvalue weighted by Crippen LogP contribution is 2.41. The molecular weight excluding hydrogens is 192 g/mol. The van der Waals surface area contributed by atoms with E-state index in [1.54, 1.807) is 26.1 Å². The van der Waals surface area contributed by atoms with E-state index in [0.717, 1.165) is 17.0 Å². The van der Waals surface area contributed by atoms with Crippen molar-refractivity contribution in [1.29, 1.82) is 0 Å². The van der Waals surface area contributed by atoms with Crippen molar-refractivity contribution in [3.63, 3.8) is 0 Å². The van der Waals surface area contributed by atoms with Gasteiger partial charge in [0.2, 0.25) is 5.91 Å². The monoisotopic (exact) mass is 206 g/mol. The van der Waals surface area contributed by atoms with Crippen LogP contribution in [0.4, 0.5) is 5.69 Å². The number of carbonyl (C=O) groups excluding carboxylic acids is 1. The Kier molecular flexibility index (Phi) is 2.36. The molecular formula is C11H14N2O2. The number of carbonyl (C=O) groups is 1. The molecule has 0 aliphatic carbocycles. The maximum atomic E-state index is 11.9. The van der Waals surface area contributed by atoms with Gasteiger partial charge in [0, 0.05) is 12.6 Å². The number of nitrogens with one attached hydrogen (secondary N) is 1. The zero-order valence-corrected chi connectivity index (χ0v) is 9.07. The van der Waals surface area contributed by atoms with Crippen LogP contribution in [0, 0.1) is 0 Å². The summed E-state index contributed by atoms with van der Waals surface area (Å²) >= 11 is 0. The van der Waals surface area contributed by atoms with Crippen molar-refractivity contribution in [1.82, 2.24) is 5.32 Å². The first-order valence-electron chi connectivity index (χ1n) is 4.82. The van der Waals surface area contributed by atoms with Gasteiger partial charge in [-0.25, -0.2) is 0 Å². The lowest BCUT2D eigenvalue weighted by atomic mass is 10.1. The Balaban J connectivity index is 2.59. The Morgan fingerprint density at radius 1 is 1.47 bits per heavy atom. The third-order valence-corrected chi connectivity index (χ3v) is 2.76. The second kappa shape index (κ2) is 3.55. The maximum absolute atomic E-state index is 11.9. The Labute approximate surface area is 88.8 Å². The van der Waals surface area contributed by atoms with E-state index in [0.29, 0.717) is 0 Å². The third kappa shape index (κ3) is 1.29. The molecule has 80 valence electrons. The van der Waals surface area contributed by atoms with Crippen molar-refractivity contribution in [3.05, 3.63) is 23.8 Å². The molecule has 1 aromatic rings. The molecule has 0 aromatic heterocycles. The van der Waals surface area contributed by atoms with Crippen molar-refractivity contribution in [2.75, 3.05) is 26.1 Å². The van der Waals surface area contributed by atoms with Crippen molar-refractivity contribution < 1.29 is 9.53 Å². The van der Waals surface area contributed by atoms with E-state index >= 15 is 0 Å². The van der Waals surface area contributed by atoms with Gasteiger partial charge in [0.05, 0.1) is 12.8 Å². The number of benzene rings is 1. The van der Waals surface area contributed by atoms with Crippen LogP contribution in [0.3, 0.4) is 0 Å². The summed E-state index contributed by atoms with van der Waals surface area (Å²) in [4.78, 5) is 13.5. The van der Waals surface area contributed by atoms with Gasteiger partial charge in [-0.2, -0.15) is 0 Å². The predicted molar refractivity (Wildman–Crippen MR) is 58.2 cm³/mol. The largest absolute Gasteiger partial charge is 0.495 e. The molecule has 0 spiro atoms. The molecule has 4 nitrogen and oxygen atoms in total. The molecule has 1 atom stereocenters. The number of fused-ring (bicyclic) bond motifs is 1. The van der Waals surface area contributed by atoms with Crippen LogP contribution in [0.2, 0.25) is 0 Å². The number of hydrogen-bond donors (Lipinski definition) is 1. The smallest absolute Gasteiger partial charge is 0.248 e. The average Bonchev–Trinajstić information content (AvgIpc) is 2.51. The fourth-order valence-electron chi connectivity index (χ4n) is 2.01. The van der Waals surface area contributed by atoms with E-state index in [-0.39, 0.29) is 11.9 Å². The van der Waals surface area contributed by atoms with Crippen LogP contribution >= 0.6 is 0 Å². The highest BCUT2D eigenvalue weighted by molar-refractivity contribution is 6.05. The fourth-order valence-corrected chi connectivity index (χ4v) is 2.01. The molecule has 15 heavy (non-hydrogen) atoms. The summed E-state index contributed by atoms with van der Waals surface area (Å²) < 4.78 is 5.25. The van der Waals surface area contributed by atoms with Crippen molar-refractivity contribution in [2.45, 2.75) is 6.04 Å². The topological polar surface area (TPSA) is 41.6 Å². The quantitative estimate of drug-likeness (QED) is 0.782. The Morgan fingerprint density at radius 2 is 2.20 bits per heavy atom. The zero-order valence-electron chi connectivity index (χ0n) is 9.07. The lowest BCUT2D eigenvalue weighted by Gasteiger charge is -2.13. The summed E-state index contributed by atoms with van der Waals surface area (Å²) in [6, 6.07) is 5.45. The number of para-hydroxylation sites is 1. The number of methoxy groups -OCH3 is 1. The number of anilines is 1. The molecule has 4 heteroatoms. The second-order valence-corrected chi connectivity index (χ2v) is 3.52. The molecule has 0 radical (unpaired) electrons. The third-order valence-electron chi connectivity index (χ3n) is 2.76. The molecule has 0 saturated carbocycles. The maximum Gasteiger partial charge on any atom is 0.248 e. The van der Waals surface area contributed by atoms with E-state index in [1.165, 1.54) is 0 Å². The molecule has 1 unspecified atom stereocenters. The lowest BCUT2D eigenvalue weighted by molar-refractivity contribution is -0.119. The van der Waals surface area contributed by atoms with Gasteiger partial charge < -0.3 is 15.0 Å². The van der Waals surface area contributed by atoms with Gasteiger partial charge in [-0.3, -0.25) is 4.79 Å². The van der Waals surface area contributed by atoms with Crippen molar-refractivity contribution >= 4 is 11.6 Å². The van der Waals surface area contributed by atoms with E-state index in [4.69, 9.17) is 4.74 Å². The minimum absolute atomic E-state index is 0.0528. The molecule has 1 aliphatic heterocycles. The Hall–Kier alpha value is -1.55. The van der Waals surface area contributed by atoms with Crippen molar-refractivity contribution in [3.8, 4) is 5.75 Å². The summed E-state index contributed by atoms with van der Waals surface area (Å²) in [5, 5.41) is 3.00. The molecule has 0 bridgehead atoms. The molecule has 1 N–H and O–H groups in total. The molecule has 0 saturated heterocycles. The number of hydrogen-bond acceptors (Lipinski definition) is 3. The first-order chi connectivity index (χ1) is 7.20. The predicted octanol–water partition coefficient (Wildman–Crippen LogP) is 0.932. The van der Waals surface area contributed by atoms with E-state index in [2.05, 4.69) is 5.32 Å². The summed E-state index contributed by atoms with van der Waals surface area (Å²) in [5.41, 5.74) is 1.84. The summed E-state index contributed by atoms with van der Waals surface area (Å²) in [6.45, 7) is 0. The summed E-state index contributed by atoms with van der Waals surface area (Å²) in [5.74, 6) is 0.790. The van der Waals surface area contributed by atoms with Crippen LogP contribution < -0.4 is 15.0 Å². The number of ether oxygens (including phenoxy) is 1. The first-order valence-corrected chi connectivity index (χ1v) is 4.82. The summed E-state index contributed by atoms with van der Waals surface area (Å²) in [7, 11) is 5.16. The van der Waals surface area contributed by atoms with E-state index in [1.807, 2.05) is 18.2 Å². The van der Waals surface area contributed by atoms with Gasteiger partial charge in [-0.15, -0.1) is 0 Å². The van der Waals surface area contributed by atoms with Gasteiger partial charge in [0.15, 0.2) is 0 Å². The molecule has 1 aromatic carbocycles. The van der Waals surface area contributed by atoms with Crippen LogP contribution in [0.1, 0.15) is 11.6 Å². The normalized spacial score (nSPS) is 19.3. The molecule has 1 heterocycles. The Bertz CT molecular complexity index is 404. The zero-order chi connectivity index (χ0) is 11.0. The number of nitrogens with zero attached hydrogens (tertiary/aromatic N) is 1. The number of likely N-dealkylation sites (N-methyl/N-ethyl adjacent to an activating group) is 2. The van der Waals surface area contributed by atoms with Crippen molar-refractivity contribution in [2.24, 2.45) is 0 Å². The fraction of sp³-hybridized carbons (Fsp3) is 0.364.